The number of nitrogens with one attached hydrogen (secondary N) is 1. The van der Waals surface area contributed by atoms with E-state index in [0.29, 0.717) is 11.4 Å². The second kappa shape index (κ2) is 5.93. The van der Waals surface area contributed by atoms with Crippen molar-refractivity contribution in [1.29, 1.82) is 0 Å². The van der Waals surface area contributed by atoms with Crippen molar-refractivity contribution >= 4 is 27.5 Å². The van der Waals surface area contributed by atoms with E-state index in [-0.39, 0.29) is 11.8 Å². The number of aliphatic hydroxyl groups excluding tert-OH is 1. The predicted octanol–water partition coefficient (Wildman–Crippen LogP) is 2.08. The van der Waals surface area contributed by atoms with Gasteiger partial charge in [0.05, 0.1) is 16.7 Å². The van der Waals surface area contributed by atoms with E-state index in [1.807, 2.05) is 33.9 Å². The molecule has 2 atom stereocenters. The number of thiophene rings is 1. The van der Waals surface area contributed by atoms with Crippen LogP contribution >= 0.6 is 11.3 Å². The molecule has 0 bridgehead atoms. The number of nitrogens with zero attached hydrogens (tertiary/aromatic N) is 2. The zero-order valence-electron chi connectivity index (χ0n) is 12.3. The first-order valence-electron chi connectivity index (χ1n) is 6.83. The van der Waals surface area contributed by atoms with E-state index in [4.69, 9.17) is 0 Å². The average molecular weight is 295 g/mol. The Labute approximate surface area is 122 Å². The number of aryl methyl sites for hydroxylation is 2. The van der Waals surface area contributed by atoms with E-state index in [0.717, 1.165) is 22.3 Å². The number of carbonyl (C=O) groups is 1. The molecule has 0 aliphatic rings. The van der Waals surface area contributed by atoms with Gasteiger partial charge in [-0.15, -0.1) is 11.3 Å². The van der Waals surface area contributed by atoms with E-state index in [1.165, 1.54) is 11.3 Å². The van der Waals surface area contributed by atoms with E-state index >= 15 is 0 Å². The van der Waals surface area contributed by atoms with Crippen LogP contribution in [0.25, 0.3) is 10.2 Å². The van der Waals surface area contributed by atoms with Crippen LogP contribution in [0.4, 0.5) is 0 Å². The minimum atomic E-state index is -0.498. The molecular formula is C14H21N3O2S. The second-order valence-electron chi connectivity index (χ2n) is 5.20. The molecule has 0 spiro atoms. The smallest absolute Gasteiger partial charge is 0.261 e. The van der Waals surface area contributed by atoms with E-state index in [1.54, 1.807) is 4.68 Å². The first kappa shape index (κ1) is 15.0. The molecule has 2 unspecified atom stereocenters. The van der Waals surface area contributed by atoms with Gasteiger partial charge in [0.25, 0.3) is 5.91 Å². The van der Waals surface area contributed by atoms with Gasteiger partial charge in [-0.3, -0.25) is 9.48 Å². The van der Waals surface area contributed by atoms with Crippen LogP contribution in [0.15, 0.2) is 6.07 Å². The minimum Gasteiger partial charge on any atom is -0.391 e. The van der Waals surface area contributed by atoms with Gasteiger partial charge in [-0.25, -0.2) is 0 Å². The Morgan fingerprint density at radius 1 is 1.60 bits per heavy atom. The standard InChI is InChI=1S/C14H21N3O2S/c1-5-8(2)11(18)7-15-13(19)12-6-10-9(3)16-17(4)14(10)20-12/h6,8,11,18H,5,7H2,1-4H3,(H,15,19). The molecule has 0 aliphatic heterocycles. The summed E-state index contributed by atoms with van der Waals surface area (Å²) in [4.78, 5) is 13.8. The fourth-order valence-corrected chi connectivity index (χ4v) is 3.11. The third-order valence-corrected chi connectivity index (χ3v) is 4.89. The number of aromatic nitrogens is 2. The van der Waals surface area contributed by atoms with Crippen LogP contribution in [0.2, 0.25) is 0 Å². The normalized spacial score (nSPS) is 14.4. The molecule has 2 N–H and O–H groups in total. The predicted molar refractivity (Wildman–Crippen MR) is 81.1 cm³/mol. The maximum absolute atomic E-state index is 12.1. The maximum atomic E-state index is 12.1. The number of rotatable bonds is 5. The molecule has 5 nitrogen and oxygen atoms in total. The van der Waals surface area contributed by atoms with Crippen molar-refractivity contribution in [2.45, 2.75) is 33.3 Å². The molecule has 0 aromatic carbocycles. The molecule has 0 aliphatic carbocycles. The molecule has 0 radical (unpaired) electrons. The zero-order chi connectivity index (χ0) is 14.9. The molecule has 20 heavy (non-hydrogen) atoms. The monoisotopic (exact) mass is 295 g/mol. The summed E-state index contributed by atoms with van der Waals surface area (Å²) in [5.74, 6) is 0.0529. The lowest BCUT2D eigenvalue weighted by atomic mass is 10.0. The number of aliphatic hydroxyl groups is 1. The summed E-state index contributed by atoms with van der Waals surface area (Å²) in [7, 11) is 1.88. The molecule has 2 heterocycles. The Morgan fingerprint density at radius 2 is 2.30 bits per heavy atom. The van der Waals surface area contributed by atoms with Gasteiger partial charge in [0.1, 0.15) is 4.83 Å². The van der Waals surface area contributed by atoms with Crippen LogP contribution in [0.3, 0.4) is 0 Å². The van der Waals surface area contributed by atoms with Gasteiger partial charge in [0, 0.05) is 19.0 Å². The van der Waals surface area contributed by atoms with Crippen LogP contribution in [0.1, 0.15) is 35.6 Å². The number of carbonyl (C=O) groups excluding carboxylic acids is 1. The molecule has 2 aromatic rings. The highest BCUT2D eigenvalue weighted by atomic mass is 32.1. The molecule has 1 amide bonds. The van der Waals surface area contributed by atoms with Crippen molar-refractivity contribution in [1.82, 2.24) is 15.1 Å². The summed E-state index contributed by atoms with van der Waals surface area (Å²) in [5, 5.41) is 18.0. The summed E-state index contributed by atoms with van der Waals surface area (Å²) in [6, 6.07) is 1.87. The third-order valence-electron chi connectivity index (χ3n) is 3.69. The van der Waals surface area contributed by atoms with Crippen LogP contribution in [0, 0.1) is 12.8 Å². The highest BCUT2D eigenvalue weighted by Crippen LogP contribution is 2.27. The molecule has 0 saturated carbocycles. The number of amides is 1. The van der Waals surface area contributed by atoms with Crippen molar-refractivity contribution in [3.63, 3.8) is 0 Å². The van der Waals surface area contributed by atoms with Gasteiger partial charge < -0.3 is 10.4 Å². The molecule has 110 valence electrons. The van der Waals surface area contributed by atoms with Crippen LogP contribution < -0.4 is 5.32 Å². The summed E-state index contributed by atoms with van der Waals surface area (Å²) < 4.78 is 1.79. The minimum absolute atomic E-state index is 0.132. The van der Waals surface area contributed by atoms with Gasteiger partial charge in [0.2, 0.25) is 0 Å². The van der Waals surface area contributed by atoms with Crippen molar-refractivity contribution in [3.05, 3.63) is 16.6 Å². The van der Waals surface area contributed by atoms with E-state index in [2.05, 4.69) is 10.4 Å². The lowest BCUT2D eigenvalue weighted by Gasteiger charge is -2.17. The molecule has 2 aromatic heterocycles. The first-order chi connectivity index (χ1) is 9.43. The number of hydrogen-bond donors (Lipinski definition) is 2. The van der Waals surface area contributed by atoms with Crippen LogP contribution in [0.5, 0.6) is 0 Å². The Bertz CT molecular complexity index is 583. The lowest BCUT2D eigenvalue weighted by Crippen LogP contribution is -2.35. The topological polar surface area (TPSA) is 67.2 Å². The molecular weight excluding hydrogens is 274 g/mol. The number of hydrogen-bond acceptors (Lipinski definition) is 4. The van der Waals surface area contributed by atoms with Crippen molar-refractivity contribution in [3.8, 4) is 0 Å². The van der Waals surface area contributed by atoms with Gasteiger partial charge in [-0.2, -0.15) is 5.10 Å². The largest absolute Gasteiger partial charge is 0.391 e. The van der Waals surface area contributed by atoms with Crippen LogP contribution in [-0.4, -0.2) is 33.4 Å². The van der Waals surface area contributed by atoms with Gasteiger partial charge in [-0.05, 0) is 18.9 Å². The Morgan fingerprint density at radius 3 is 2.90 bits per heavy atom. The average Bonchev–Trinajstić information content (AvgIpc) is 2.97. The fraction of sp³-hybridized carbons (Fsp3) is 0.571. The summed E-state index contributed by atoms with van der Waals surface area (Å²) >= 11 is 1.43. The van der Waals surface area contributed by atoms with Crippen LogP contribution in [-0.2, 0) is 7.05 Å². The molecule has 0 fully saturated rings. The zero-order valence-corrected chi connectivity index (χ0v) is 13.1. The Balaban J connectivity index is 2.06. The van der Waals surface area contributed by atoms with Gasteiger partial charge >= 0.3 is 0 Å². The highest BCUT2D eigenvalue weighted by molar-refractivity contribution is 7.20. The Kier molecular flexibility index (Phi) is 4.45. The van der Waals surface area contributed by atoms with Crippen molar-refractivity contribution in [2.24, 2.45) is 13.0 Å². The lowest BCUT2D eigenvalue weighted by molar-refractivity contribution is 0.0853. The summed E-state index contributed by atoms with van der Waals surface area (Å²) in [6.45, 7) is 6.23. The van der Waals surface area contributed by atoms with Crippen molar-refractivity contribution < 1.29 is 9.90 Å². The molecule has 0 saturated heterocycles. The van der Waals surface area contributed by atoms with Crippen molar-refractivity contribution in [2.75, 3.05) is 6.54 Å². The summed E-state index contributed by atoms with van der Waals surface area (Å²) in [6.07, 6.45) is 0.395. The Hall–Kier alpha value is -1.40. The van der Waals surface area contributed by atoms with Gasteiger partial charge in [-0.1, -0.05) is 20.3 Å². The SMILES string of the molecule is CCC(C)C(O)CNC(=O)c1cc2c(C)nn(C)c2s1. The molecule has 2 rings (SSSR count). The number of fused-ring (bicyclic) bond motifs is 1. The highest BCUT2D eigenvalue weighted by Gasteiger charge is 2.17. The maximum Gasteiger partial charge on any atom is 0.261 e. The summed E-state index contributed by atoms with van der Waals surface area (Å²) in [5.41, 5.74) is 0.928. The first-order valence-corrected chi connectivity index (χ1v) is 7.65. The van der Waals surface area contributed by atoms with E-state index < -0.39 is 6.10 Å². The second-order valence-corrected chi connectivity index (χ2v) is 6.23. The quantitative estimate of drug-likeness (QED) is 0.887. The third kappa shape index (κ3) is 2.86. The molecule has 6 heteroatoms. The van der Waals surface area contributed by atoms with Gasteiger partial charge in [0.15, 0.2) is 0 Å². The fourth-order valence-electron chi connectivity index (χ4n) is 2.07. The van der Waals surface area contributed by atoms with E-state index in [9.17, 15) is 9.90 Å².